The summed E-state index contributed by atoms with van der Waals surface area (Å²) in [7, 11) is -10.3. The minimum absolute atomic E-state index is 0. The minimum atomic E-state index is -5.17. The molecule has 8 nitrogen and oxygen atoms in total. The van der Waals surface area contributed by atoms with E-state index in [1.54, 1.807) is 0 Å². The van der Waals surface area contributed by atoms with E-state index in [2.05, 4.69) is 0 Å². The van der Waals surface area contributed by atoms with Gasteiger partial charge in [0.05, 0.1) is 0 Å². The molecule has 13 heavy (non-hydrogen) atoms. The Morgan fingerprint density at radius 3 is 0.615 bits per heavy atom. The molecule has 0 N–H and O–H groups in total. The zero-order chi connectivity index (χ0) is 9.00. The molecule has 0 amide bonds. The number of hydrogen-bond acceptors (Lipinski definition) is 8. The second kappa shape index (κ2) is 11.4. The van der Waals surface area contributed by atoms with E-state index < -0.39 is 20.8 Å². The smallest absolute Gasteiger partial charge is 0.759 e. The summed E-state index contributed by atoms with van der Waals surface area (Å²) in [5, 5.41) is 0. The van der Waals surface area contributed by atoms with Crippen LogP contribution in [0.3, 0.4) is 0 Å². The fourth-order valence-electron chi connectivity index (χ4n) is 0. The largest absolute Gasteiger partial charge is 2.00 e. The Hall–Kier alpha value is 1.30. The molecule has 0 heterocycles. The van der Waals surface area contributed by atoms with Crippen LogP contribution in [0.4, 0.5) is 0 Å². The molecule has 0 fully saturated rings. The van der Waals surface area contributed by atoms with Gasteiger partial charge in [0.25, 0.3) is 0 Å². The second-order valence-electron chi connectivity index (χ2n) is 0.816. The van der Waals surface area contributed by atoms with Crippen molar-refractivity contribution in [2.75, 3.05) is 0 Å². The van der Waals surface area contributed by atoms with Gasteiger partial charge in [0.2, 0.25) is 0 Å². The van der Waals surface area contributed by atoms with Crippen LogP contribution in [-0.4, -0.2) is 35.0 Å². The molecule has 0 atom stereocenters. The summed E-state index contributed by atoms with van der Waals surface area (Å²) in [4.78, 5) is 0. The normalized spacial score (nSPS) is 8.92. The summed E-state index contributed by atoms with van der Waals surface area (Å²) in [5.74, 6) is 0. The van der Waals surface area contributed by atoms with Gasteiger partial charge in [-0.25, -0.2) is 0 Å². The van der Waals surface area contributed by atoms with E-state index in [0.717, 1.165) is 0 Å². The summed E-state index contributed by atoms with van der Waals surface area (Å²) >= 11 is 0. The van der Waals surface area contributed by atoms with Crippen molar-refractivity contribution >= 4 is 20.8 Å². The maximum atomic E-state index is 8.52. The van der Waals surface area contributed by atoms with Gasteiger partial charge in [0.1, 0.15) is 0 Å². The van der Waals surface area contributed by atoms with Gasteiger partial charge in [-0.05, 0) is 0 Å². The van der Waals surface area contributed by atoms with E-state index in [1.807, 2.05) is 0 Å². The Morgan fingerprint density at radius 2 is 0.615 bits per heavy atom. The quantitative estimate of drug-likeness (QED) is 0.248. The molecule has 13 heteroatoms. The van der Waals surface area contributed by atoms with Gasteiger partial charge in [0, 0.05) is 20.8 Å². The van der Waals surface area contributed by atoms with Crippen LogP contribution in [0.25, 0.3) is 0 Å². The van der Waals surface area contributed by atoms with Gasteiger partial charge in [-0.1, -0.05) is 0 Å². The van der Waals surface area contributed by atoms with Gasteiger partial charge < -0.3 is 18.2 Å². The third-order valence-corrected chi connectivity index (χ3v) is 0. The van der Waals surface area contributed by atoms with Crippen molar-refractivity contribution < 1.29 is 86.3 Å². The first-order valence-electron chi connectivity index (χ1n) is 1.33. The van der Waals surface area contributed by atoms with Crippen molar-refractivity contribution in [2.45, 2.75) is 0 Å². The topological polar surface area (TPSA) is 161 Å². The minimum Gasteiger partial charge on any atom is -0.759 e. The Bertz CT molecular complexity index is 214. The molecule has 1 radical (unpaired) electrons. The van der Waals surface area contributed by atoms with Gasteiger partial charge in [-0.2, -0.15) is 0 Å². The van der Waals surface area contributed by atoms with E-state index in [0.29, 0.717) is 0 Å². The summed E-state index contributed by atoms with van der Waals surface area (Å²) in [6.07, 6.45) is 0. The van der Waals surface area contributed by atoms with Crippen LogP contribution < -0.4 is 0 Å². The molecule has 0 bridgehead atoms. The van der Waals surface area contributed by atoms with Crippen LogP contribution >= 0.6 is 0 Å². The zero-order valence-corrected chi connectivity index (χ0v) is 9.44. The molecular formula is Cu3O8S2. The Kier molecular flexibility index (Phi) is 25.6. The van der Waals surface area contributed by atoms with E-state index in [4.69, 9.17) is 35.0 Å². The van der Waals surface area contributed by atoms with Crippen molar-refractivity contribution in [3.8, 4) is 0 Å². The SMILES string of the molecule is O=S(=O)([O-])[O-].O=S(=O)([O-])[O-].[Cu+2].[Cu+].[Cu+]. The van der Waals surface area contributed by atoms with Crippen LogP contribution in [0.2, 0.25) is 0 Å². The maximum Gasteiger partial charge on any atom is 2.00 e. The first-order chi connectivity index (χ1) is 4.00. The molecule has 0 aromatic carbocycles. The summed E-state index contributed by atoms with van der Waals surface area (Å²) in [5.41, 5.74) is 0. The van der Waals surface area contributed by atoms with E-state index >= 15 is 0 Å². The molecule has 0 saturated heterocycles. The predicted molar refractivity (Wildman–Crippen MR) is 20.9 cm³/mol. The standard InChI is InChI=1S/3Cu.2H2O4S/c;;;2*1-5(2,3)4/h;;;2*(H2,1,2,3,4)/q2*+1;+2;;/p-4. The summed E-state index contributed by atoms with van der Waals surface area (Å²) < 4.78 is 68.2. The van der Waals surface area contributed by atoms with E-state index in [9.17, 15) is 0 Å². The first-order valence-corrected chi connectivity index (χ1v) is 4.00. The molecule has 0 unspecified atom stereocenters. The Morgan fingerprint density at radius 1 is 0.615 bits per heavy atom. The Labute approximate surface area is 106 Å². The number of rotatable bonds is 0. The van der Waals surface area contributed by atoms with Gasteiger partial charge in [-0.15, -0.1) is 0 Å². The number of hydrogen-bond donors (Lipinski definition) is 0. The molecule has 0 aliphatic carbocycles. The average Bonchev–Trinajstić information content (AvgIpc) is 1.12. The molecule has 0 aromatic rings. The third kappa shape index (κ3) is 1010. The molecule has 0 saturated carbocycles. The van der Waals surface area contributed by atoms with Gasteiger partial charge >= 0.3 is 51.2 Å². The van der Waals surface area contributed by atoms with Crippen LogP contribution in [0.15, 0.2) is 0 Å². The molecule has 0 aliphatic rings. The molecule has 0 aromatic heterocycles. The van der Waals surface area contributed by atoms with Crippen molar-refractivity contribution in [3.05, 3.63) is 0 Å². The van der Waals surface area contributed by atoms with Crippen molar-refractivity contribution in [2.24, 2.45) is 0 Å². The van der Waals surface area contributed by atoms with Gasteiger partial charge in [-0.3, -0.25) is 16.8 Å². The summed E-state index contributed by atoms with van der Waals surface area (Å²) in [6, 6.07) is 0. The van der Waals surface area contributed by atoms with Crippen LogP contribution in [0.1, 0.15) is 0 Å². The average molecular weight is 383 g/mol. The molecule has 0 rings (SSSR count). The van der Waals surface area contributed by atoms with Crippen LogP contribution in [0, 0.1) is 0 Å². The molecule has 93 valence electrons. The Balaban J connectivity index is -0.0000000267. The predicted octanol–water partition coefficient (Wildman–Crippen LogP) is -2.68. The third-order valence-electron chi connectivity index (χ3n) is 0. The van der Waals surface area contributed by atoms with Crippen molar-refractivity contribution in [3.63, 3.8) is 0 Å². The van der Waals surface area contributed by atoms with Crippen LogP contribution in [-0.2, 0) is 72.0 Å². The fourth-order valence-corrected chi connectivity index (χ4v) is 0. The molecular weight excluding hydrogens is 383 g/mol. The molecule has 0 spiro atoms. The van der Waals surface area contributed by atoms with E-state index in [1.165, 1.54) is 0 Å². The van der Waals surface area contributed by atoms with E-state index in [-0.39, 0.29) is 51.2 Å². The fraction of sp³-hybridized carbons (Fsp3) is 0. The second-order valence-corrected chi connectivity index (χ2v) is 2.45. The first kappa shape index (κ1) is 29.2. The van der Waals surface area contributed by atoms with Gasteiger partial charge in [0.15, 0.2) is 0 Å². The van der Waals surface area contributed by atoms with Crippen LogP contribution in [0.5, 0.6) is 0 Å². The summed E-state index contributed by atoms with van der Waals surface area (Å²) in [6.45, 7) is 0. The molecule has 0 aliphatic heterocycles. The van der Waals surface area contributed by atoms with Crippen molar-refractivity contribution in [1.29, 1.82) is 0 Å². The zero-order valence-electron chi connectivity index (χ0n) is 4.99. The monoisotopic (exact) mass is 381 g/mol. The maximum absolute atomic E-state index is 8.52. The van der Waals surface area contributed by atoms with Crippen molar-refractivity contribution in [1.82, 2.24) is 0 Å².